The number of hydrogen-bond donors (Lipinski definition) is 1. The van der Waals surface area contributed by atoms with Crippen LogP contribution in [-0.4, -0.2) is 66.7 Å². The molecule has 0 aromatic heterocycles. The smallest absolute Gasteiger partial charge is 0.253 e. The number of carbonyl (C=O) groups is 1. The minimum Gasteiger partial charge on any atom is -0.495 e. The van der Waals surface area contributed by atoms with Crippen LogP contribution >= 0.6 is 0 Å². The van der Waals surface area contributed by atoms with Gasteiger partial charge >= 0.3 is 0 Å². The van der Waals surface area contributed by atoms with Gasteiger partial charge in [-0.05, 0) is 55.2 Å². The molecule has 1 amide bonds. The van der Waals surface area contributed by atoms with Gasteiger partial charge in [-0.15, -0.1) is 0 Å². The number of amides is 1. The van der Waals surface area contributed by atoms with Gasteiger partial charge in [0.15, 0.2) is 0 Å². The first-order valence-corrected chi connectivity index (χ1v) is 12.6. The third-order valence-electron chi connectivity index (χ3n) is 5.72. The quantitative estimate of drug-likeness (QED) is 0.532. The molecule has 33 heavy (non-hydrogen) atoms. The molecule has 180 valence electrons. The maximum absolute atomic E-state index is 13.0. The van der Waals surface area contributed by atoms with Gasteiger partial charge in [-0.3, -0.25) is 4.79 Å². The van der Waals surface area contributed by atoms with E-state index in [0.717, 1.165) is 18.7 Å². The summed E-state index contributed by atoms with van der Waals surface area (Å²) in [4.78, 5) is 16.9. The lowest BCUT2D eigenvalue weighted by molar-refractivity contribution is 0.0785. The summed E-state index contributed by atoms with van der Waals surface area (Å²) < 4.78 is 38.0. The van der Waals surface area contributed by atoms with E-state index in [1.807, 2.05) is 12.1 Å². The van der Waals surface area contributed by atoms with Crippen LogP contribution in [0.25, 0.3) is 0 Å². The van der Waals surface area contributed by atoms with Gasteiger partial charge in [0.1, 0.15) is 10.6 Å². The van der Waals surface area contributed by atoms with Crippen molar-refractivity contribution in [2.24, 2.45) is 0 Å². The molecule has 9 heteroatoms. The molecule has 2 aromatic rings. The van der Waals surface area contributed by atoms with Crippen molar-refractivity contribution in [1.29, 1.82) is 0 Å². The Morgan fingerprint density at radius 2 is 1.76 bits per heavy atom. The Kier molecular flexibility index (Phi) is 8.71. The van der Waals surface area contributed by atoms with Crippen molar-refractivity contribution >= 4 is 21.6 Å². The van der Waals surface area contributed by atoms with Crippen LogP contribution in [0.1, 0.15) is 35.2 Å². The average molecular weight is 476 g/mol. The van der Waals surface area contributed by atoms with Crippen LogP contribution in [0.2, 0.25) is 0 Å². The maximum atomic E-state index is 13.0. The highest BCUT2D eigenvalue weighted by atomic mass is 32.2. The van der Waals surface area contributed by atoms with Crippen LogP contribution < -0.4 is 14.4 Å². The van der Waals surface area contributed by atoms with Crippen molar-refractivity contribution in [3.63, 3.8) is 0 Å². The second-order valence-corrected chi connectivity index (χ2v) is 9.87. The molecule has 3 rings (SSSR count). The van der Waals surface area contributed by atoms with E-state index in [9.17, 15) is 13.2 Å². The summed E-state index contributed by atoms with van der Waals surface area (Å²) in [5, 5.41) is 0. The number of ether oxygens (including phenoxy) is 2. The predicted molar refractivity (Wildman–Crippen MR) is 128 cm³/mol. The summed E-state index contributed by atoms with van der Waals surface area (Å²) in [6.45, 7) is 2.94. The summed E-state index contributed by atoms with van der Waals surface area (Å²) in [6.07, 6.45) is 3.74. The summed E-state index contributed by atoms with van der Waals surface area (Å²) in [6, 6.07) is 12.7. The minimum absolute atomic E-state index is 0.0776. The SMILES string of the molecule is COCCNS(=O)(=O)c1cc(C(=O)N(C)Cc2ccc(N3CCCCC3)cc2)ccc1OC. The van der Waals surface area contributed by atoms with Gasteiger partial charge in [0.05, 0.1) is 13.7 Å². The molecule has 0 unspecified atom stereocenters. The highest BCUT2D eigenvalue weighted by Crippen LogP contribution is 2.26. The molecule has 0 atom stereocenters. The van der Waals surface area contributed by atoms with E-state index in [-0.39, 0.29) is 35.3 Å². The second kappa shape index (κ2) is 11.5. The third kappa shape index (κ3) is 6.46. The van der Waals surface area contributed by atoms with E-state index < -0.39 is 10.0 Å². The molecule has 1 saturated heterocycles. The Balaban J connectivity index is 1.72. The first-order valence-electron chi connectivity index (χ1n) is 11.1. The van der Waals surface area contributed by atoms with Crippen LogP contribution in [-0.2, 0) is 21.3 Å². The molecule has 0 bridgehead atoms. The van der Waals surface area contributed by atoms with Crippen molar-refractivity contribution in [3.8, 4) is 5.75 Å². The molecule has 1 heterocycles. The van der Waals surface area contributed by atoms with Gasteiger partial charge in [0.2, 0.25) is 10.0 Å². The monoisotopic (exact) mass is 475 g/mol. The largest absolute Gasteiger partial charge is 0.495 e. The van der Waals surface area contributed by atoms with E-state index >= 15 is 0 Å². The van der Waals surface area contributed by atoms with E-state index in [1.165, 1.54) is 51.3 Å². The Labute approximate surface area is 196 Å². The molecule has 1 aliphatic rings. The summed E-state index contributed by atoms with van der Waals surface area (Å²) >= 11 is 0. The predicted octanol–water partition coefficient (Wildman–Crippen LogP) is 2.88. The zero-order valence-corrected chi connectivity index (χ0v) is 20.4. The number of carbonyl (C=O) groups excluding carboxylic acids is 1. The Morgan fingerprint density at radius 3 is 2.39 bits per heavy atom. The van der Waals surface area contributed by atoms with Gasteiger partial charge in [-0.2, -0.15) is 0 Å². The molecule has 8 nitrogen and oxygen atoms in total. The lowest BCUT2D eigenvalue weighted by atomic mass is 10.1. The van der Waals surface area contributed by atoms with Crippen molar-refractivity contribution in [2.75, 3.05) is 52.4 Å². The fourth-order valence-corrected chi connectivity index (χ4v) is 5.11. The number of sulfonamides is 1. The number of rotatable bonds is 10. The highest BCUT2D eigenvalue weighted by Gasteiger charge is 2.22. The van der Waals surface area contributed by atoms with E-state index in [0.29, 0.717) is 6.54 Å². The topological polar surface area (TPSA) is 88.2 Å². The van der Waals surface area contributed by atoms with Crippen molar-refractivity contribution in [2.45, 2.75) is 30.7 Å². The Hall–Kier alpha value is -2.62. The van der Waals surface area contributed by atoms with Gasteiger partial charge in [-0.25, -0.2) is 13.1 Å². The molecule has 1 N–H and O–H groups in total. The van der Waals surface area contributed by atoms with Crippen LogP contribution in [0.5, 0.6) is 5.75 Å². The normalized spacial score (nSPS) is 14.2. The van der Waals surface area contributed by atoms with Crippen molar-refractivity contribution in [1.82, 2.24) is 9.62 Å². The average Bonchev–Trinajstić information content (AvgIpc) is 2.84. The van der Waals surface area contributed by atoms with Crippen LogP contribution in [0, 0.1) is 0 Å². The number of piperidine rings is 1. The highest BCUT2D eigenvalue weighted by molar-refractivity contribution is 7.89. The Morgan fingerprint density at radius 1 is 1.06 bits per heavy atom. The lowest BCUT2D eigenvalue weighted by Gasteiger charge is -2.29. The number of anilines is 1. The molecular formula is C24H33N3O5S. The zero-order valence-electron chi connectivity index (χ0n) is 19.5. The van der Waals surface area contributed by atoms with Crippen LogP contribution in [0.15, 0.2) is 47.4 Å². The fraction of sp³-hybridized carbons (Fsp3) is 0.458. The number of benzene rings is 2. The molecule has 0 spiro atoms. The zero-order chi connectivity index (χ0) is 23.8. The van der Waals surface area contributed by atoms with Gasteiger partial charge in [0.25, 0.3) is 5.91 Å². The maximum Gasteiger partial charge on any atom is 0.253 e. The first-order chi connectivity index (χ1) is 15.9. The number of hydrogen-bond acceptors (Lipinski definition) is 6. The molecule has 1 fully saturated rings. The standard InChI is InChI=1S/C24H33N3O5S/c1-26(18-19-7-10-21(11-8-19)27-14-5-4-6-15-27)24(28)20-9-12-22(32-3)23(17-20)33(29,30)25-13-16-31-2/h7-12,17,25H,4-6,13-16,18H2,1-3H3. The number of nitrogens with zero attached hydrogens (tertiary/aromatic N) is 2. The van der Waals surface area contributed by atoms with Crippen molar-refractivity contribution in [3.05, 3.63) is 53.6 Å². The summed E-state index contributed by atoms with van der Waals surface area (Å²) in [5.41, 5.74) is 2.49. The van der Waals surface area contributed by atoms with Gasteiger partial charge in [0, 0.05) is 51.6 Å². The van der Waals surface area contributed by atoms with Crippen LogP contribution in [0.3, 0.4) is 0 Å². The summed E-state index contributed by atoms with van der Waals surface area (Å²) in [5.74, 6) is -0.0986. The van der Waals surface area contributed by atoms with E-state index in [1.54, 1.807) is 18.0 Å². The van der Waals surface area contributed by atoms with Crippen molar-refractivity contribution < 1.29 is 22.7 Å². The van der Waals surface area contributed by atoms with Gasteiger partial charge < -0.3 is 19.3 Å². The third-order valence-corrected chi connectivity index (χ3v) is 7.20. The molecule has 0 radical (unpaired) electrons. The Bertz CT molecular complexity index is 1030. The fourth-order valence-electron chi connectivity index (χ4n) is 3.91. The lowest BCUT2D eigenvalue weighted by Crippen LogP contribution is -2.29. The molecular weight excluding hydrogens is 442 g/mol. The van der Waals surface area contributed by atoms with Gasteiger partial charge in [-0.1, -0.05) is 12.1 Å². The minimum atomic E-state index is -3.86. The first kappa shape index (κ1) is 25.0. The molecule has 1 aliphatic heterocycles. The molecule has 0 aliphatic carbocycles. The molecule has 0 saturated carbocycles. The van der Waals surface area contributed by atoms with Crippen LogP contribution in [0.4, 0.5) is 5.69 Å². The number of nitrogens with one attached hydrogen (secondary N) is 1. The second-order valence-electron chi connectivity index (χ2n) is 8.13. The van der Waals surface area contributed by atoms with E-state index in [4.69, 9.17) is 9.47 Å². The molecule has 2 aromatic carbocycles. The summed E-state index contributed by atoms with van der Waals surface area (Å²) in [7, 11) is 0.727. The van der Waals surface area contributed by atoms with E-state index in [2.05, 4.69) is 21.8 Å². The number of methoxy groups -OCH3 is 2.